The zero-order chi connectivity index (χ0) is 12.0. The van der Waals surface area contributed by atoms with Gasteiger partial charge in [-0.15, -0.1) is 12.4 Å². The minimum atomic E-state index is 0. The van der Waals surface area contributed by atoms with E-state index in [1.54, 1.807) is 7.11 Å². The average molecular weight is 265 g/mol. The van der Waals surface area contributed by atoms with Crippen LogP contribution >= 0.6 is 12.4 Å². The van der Waals surface area contributed by atoms with Crippen molar-refractivity contribution < 1.29 is 4.74 Å². The fraction of sp³-hybridized carbons (Fsp3) is 1.00. The minimum Gasteiger partial charge on any atom is -0.383 e. The van der Waals surface area contributed by atoms with Crippen molar-refractivity contribution in [3.8, 4) is 0 Å². The largest absolute Gasteiger partial charge is 0.383 e. The van der Waals surface area contributed by atoms with Crippen molar-refractivity contribution in [1.29, 1.82) is 0 Å². The topological polar surface area (TPSA) is 24.5 Å². The molecule has 1 fully saturated rings. The van der Waals surface area contributed by atoms with Crippen LogP contribution in [0.1, 0.15) is 27.2 Å². The maximum Gasteiger partial charge on any atom is 0.0589 e. The van der Waals surface area contributed by atoms with Crippen molar-refractivity contribution in [2.45, 2.75) is 27.2 Å². The minimum absolute atomic E-state index is 0. The molecule has 1 aliphatic heterocycles. The predicted octanol–water partition coefficient (Wildman–Crippen LogP) is 2.01. The van der Waals surface area contributed by atoms with Crippen LogP contribution in [0.5, 0.6) is 0 Å². The monoisotopic (exact) mass is 264 g/mol. The molecular weight excluding hydrogens is 236 g/mol. The van der Waals surface area contributed by atoms with Crippen LogP contribution in [-0.4, -0.2) is 51.3 Å². The Balaban J connectivity index is 0.00000256. The number of likely N-dealkylation sites (tertiary alicyclic amines) is 1. The summed E-state index contributed by atoms with van der Waals surface area (Å²) in [5.41, 5.74) is 0.397. The van der Waals surface area contributed by atoms with Gasteiger partial charge in [0.25, 0.3) is 0 Å². The van der Waals surface area contributed by atoms with Gasteiger partial charge in [0.05, 0.1) is 6.61 Å². The summed E-state index contributed by atoms with van der Waals surface area (Å²) in [6.07, 6.45) is 1.33. The lowest BCUT2D eigenvalue weighted by Crippen LogP contribution is -2.32. The Kier molecular flexibility index (Phi) is 8.39. The van der Waals surface area contributed by atoms with E-state index < -0.39 is 0 Å². The number of nitrogens with one attached hydrogen (secondary N) is 1. The predicted molar refractivity (Wildman–Crippen MR) is 76.0 cm³/mol. The SMILES string of the molecule is COCCN1CCC(CNCC(C)(C)C)C1.Cl. The molecule has 0 saturated carbocycles. The van der Waals surface area contributed by atoms with Gasteiger partial charge in [-0.1, -0.05) is 20.8 Å². The van der Waals surface area contributed by atoms with Crippen molar-refractivity contribution >= 4 is 12.4 Å². The lowest BCUT2D eigenvalue weighted by atomic mass is 9.96. The number of hydrogen-bond donors (Lipinski definition) is 1. The van der Waals surface area contributed by atoms with Crippen LogP contribution in [0, 0.1) is 11.3 Å². The molecule has 1 rings (SSSR count). The summed E-state index contributed by atoms with van der Waals surface area (Å²) in [5.74, 6) is 0.833. The Labute approximate surface area is 113 Å². The second-order valence-corrected chi connectivity index (χ2v) is 6.14. The Morgan fingerprint density at radius 1 is 1.35 bits per heavy atom. The lowest BCUT2D eigenvalue weighted by molar-refractivity contribution is 0.158. The third-order valence-corrected chi connectivity index (χ3v) is 3.07. The second-order valence-electron chi connectivity index (χ2n) is 6.14. The maximum absolute atomic E-state index is 5.11. The molecule has 0 aromatic rings. The Bertz CT molecular complexity index is 194. The van der Waals surface area contributed by atoms with E-state index in [9.17, 15) is 0 Å². The van der Waals surface area contributed by atoms with E-state index in [4.69, 9.17) is 4.74 Å². The van der Waals surface area contributed by atoms with E-state index in [0.29, 0.717) is 5.41 Å². The fourth-order valence-corrected chi connectivity index (χ4v) is 2.15. The van der Waals surface area contributed by atoms with Crippen LogP contribution in [-0.2, 0) is 4.74 Å². The van der Waals surface area contributed by atoms with Crippen molar-refractivity contribution in [2.24, 2.45) is 11.3 Å². The van der Waals surface area contributed by atoms with Crippen LogP contribution < -0.4 is 5.32 Å². The number of hydrogen-bond acceptors (Lipinski definition) is 3. The Morgan fingerprint density at radius 3 is 2.65 bits per heavy atom. The van der Waals surface area contributed by atoms with Gasteiger partial charge in [0, 0.05) is 20.2 Å². The third-order valence-electron chi connectivity index (χ3n) is 3.07. The van der Waals surface area contributed by atoms with E-state index in [0.717, 1.165) is 25.6 Å². The van der Waals surface area contributed by atoms with Crippen LogP contribution in [0.4, 0.5) is 0 Å². The maximum atomic E-state index is 5.11. The van der Waals surface area contributed by atoms with Crippen molar-refractivity contribution in [3.63, 3.8) is 0 Å². The molecule has 1 atom stereocenters. The molecular formula is C13H29ClN2O. The fourth-order valence-electron chi connectivity index (χ4n) is 2.15. The van der Waals surface area contributed by atoms with Gasteiger partial charge in [0.1, 0.15) is 0 Å². The molecule has 1 heterocycles. The van der Waals surface area contributed by atoms with E-state index in [-0.39, 0.29) is 12.4 Å². The molecule has 3 nitrogen and oxygen atoms in total. The molecule has 0 aliphatic carbocycles. The normalized spacial score (nSPS) is 21.5. The van der Waals surface area contributed by atoms with Crippen molar-refractivity contribution in [2.75, 3.05) is 46.4 Å². The van der Waals surface area contributed by atoms with Gasteiger partial charge in [0.2, 0.25) is 0 Å². The molecule has 0 aromatic heterocycles. The number of rotatable bonds is 6. The Morgan fingerprint density at radius 2 is 2.06 bits per heavy atom. The van der Waals surface area contributed by atoms with E-state index in [1.165, 1.54) is 26.1 Å². The molecule has 4 heteroatoms. The summed E-state index contributed by atoms with van der Waals surface area (Å²) in [5, 5.41) is 3.59. The van der Waals surface area contributed by atoms with E-state index in [2.05, 4.69) is 31.0 Å². The van der Waals surface area contributed by atoms with Crippen LogP contribution in [0.3, 0.4) is 0 Å². The summed E-state index contributed by atoms with van der Waals surface area (Å²) in [6, 6.07) is 0. The summed E-state index contributed by atoms with van der Waals surface area (Å²) < 4.78 is 5.11. The molecule has 1 saturated heterocycles. The molecule has 104 valence electrons. The quantitative estimate of drug-likeness (QED) is 0.794. The number of halogens is 1. The summed E-state index contributed by atoms with van der Waals surface area (Å²) >= 11 is 0. The van der Waals surface area contributed by atoms with Gasteiger partial charge in [0.15, 0.2) is 0 Å². The zero-order valence-electron chi connectivity index (χ0n) is 11.8. The molecule has 0 spiro atoms. The molecule has 1 N–H and O–H groups in total. The first-order chi connectivity index (χ1) is 7.51. The number of methoxy groups -OCH3 is 1. The summed E-state index contributed by atoms with van der Waals surface area (Å²) in [4.78, 5) is 2.51. The van der Waals surface area contributed by atoms with Gasteiger partial charge in [-0.2, -0.15) is 0 Å². The lowest BCUT2D eigenvalue weighted by Gasteiger charge is -2.21. The van der Waals surface area contributed by atoms with Gasteiger partial charge in [-0.25, -0.2) is 0 Å². The molecule has 0 amide bonds. The van der Waals surface area contributed by atoms with Gasteiger partial charge in [-0.3, -0.25) is 0 Å². The number of nitrogens with zero attached hydrogens (tertiary/aromatic N) is 1. The van der Waals surface area contributed by atoms with E-state index in [1.807, 2.05) is 0 Å². The summed E-state index contributed by atoms with van der Waals surface area (Å²) in [6.45, 7) is 13.5. The van der Waals surface area contributed by atoms with Crippen LogP contribution in [0.2, 0.25) is 0 Å². The standard InChI is InChI=1S/C13H28N2O.ClH/c1-13(2,3)11-14-9-12-5-6-15(10-12)7-8-16-4;/h12,14H,5-11H2,1-4H3;1H. The molecule has 0 aromatic carbocycles. The zero-order valence-corrected chi connectivity index (χ0v) is 12.6. The smallest absolute Gasteiger partial charge is 0.0589 e. The first kappa shape index (κ1) is 17.2. The average Bonchev–Trinajstić information content (AvgIpc) is 2.61. The first-order valence-corrected chi connectivity index (χ1v) is 6.43. The third kappa shape index (κ3) is 7.98. The second kappa shape index (κ2) is 8.30. The van der Waals surface area contributed by atoms with Crippen LogP contribution in [0.15, 0.2) is 0 Å². The molecule has 1 aliphatic rings. The highest BCUT2D eigenvalue weighted by Crippen LogP contribution is 2.16. The highest BCUT2D eigenvalue weighted by atomic mass is 35.5. The van der Waals surface area contributed by atoms with Crippen LogP contribution in [0.25, 0.3) is 0 Å². The highest BCUT2D eigenvalue weighted by molar-refractivity contribution is 5.85. The molecule has 1 unspecified atom stereocenters. The van der Waals surface area contributed by atoms with Gasteiger partial charge < -0.3 is 15.0 Å². The summed E-state index contributed by atoms with van der Waals surface area (Å²) in [7, 11) is 1.78. The van der Waals surface area contributed by atoms with Gasteiger partial charge in [-0.05, 0) is 37.4 Å². The van der Waals surface area contributed by atoms with Crippen molar-refractivity contribution in [1.82, 2.24) is 10.2 Å². The van der Waals surface area contributed by atoms with Gasteiger partial charge >= 0.3 is 0 Å². The molecule has 0 bridgehead atoms. The molecule has 0 radical (unpaired) electrons. The van der Waals surface area contributed by atoms with E-state index >= 15 is 0 Å². The molecule has 17 heavy (non-hydrogen) atoms. The highest BCUT2D eigenvalue weighted by Gasteiger charge is 2.22. The van der Waals surface area contributed by atoms with Crippen molar-refractivity contribution in [3.05, 3.63) is 0 Å². The first-order valence-electron chi connectivity index (χ1n) is 6.43. The Hall–Kier alpha value is 0.170. The number of ether oxygens (including phenoxy) is 1.